The lowest BCUT2D eigenvalue weighted by molar-refractivity contribution is -0.137. The second-order valence-electron chi connectivity index (χ2n) is 6.18. The lowest BCUT2D eigenvalue weighted by atomic mass is 10.2. The van der Waals surface area contributed by atoms with Crippen molar-refractivity contribution in [2.24, 2.45) is 0 Å². The molecule has 9 heteroatoms. The molecule has 0 saturated carbocycles. The van der Waals surface area contributed by atoms with E-state index >= 15 is 0 Å². The van der Waals surface area contributed by atoms with E-state index in [2.05, 4.69) is 10.4 Å². The highest BCUT2D eigenvalue weighted by molar-refractivity contribution is 6.04. The number of ether oxygens (including phenoxy) is 1. The Labute approximate surface area is 163 Å². The van der Waals surface area contributed by atoms with E-state index < -0.39 is 23.2 Å². The number of benzene rings is 2. The summed E-state index contributed by atoms with van der Waals surface area (Å²) in [5, 5.41) is 6.41. The molecule has 3 aromatic rings. The maximum atomic E-state index is 12.9. The van der Waals surface area contributed by atoms with Crippen molar-refractivity contribution >= 4 is 11.6 Å². The minimum atomic E-state index is -4.55. The summed E-state index contributed by atoms with van der Waals surface area (Å²) >= 11 is 0. The quantitative estimate of drug-likeness (QED) is 0.719. The van der Waals surface area contributed by atoms with E-state index in [1.165, 1.54) is 19.2 Å². The molecule has 2 aromatic carbocycles. The molecule has 0 unspecified atom stereocenters. The fourth-order valence-electron chi connectivity index (χ4n) is 2.59. The third-order valence-corrected chi connectivity index (χ3v) is 4.06. The van der Waals surface area contributed by atoms with Gasteiger partial charge in [-0.15, -0.1) is 0 Å². The Morgan fingerprint density at radius 3 is 2.41 bits per heavy atom. The summed E-state index contributed by atoms with van der Waals surface area (Å²) in [6, 6.07) is 12.1. The lowest BCUT2D eigenvalue weighted by Crippen LogP contribution is -2.26. The minimum Gasteiger partial charge on any atom is -0.494 e. The topological polar surface area (TPSA) is 73.2 Å². The van der Waals surface area contributed by atoms with E-state index in [-0.39, 0.29) is 17.1 Å². The van der Waals surface area contributed by atoms with Gasteiger partial charge in [0.05, 0.1) is 24.4 Å². The summed E-state index contributed by atoms with van der Waals surface area (Å²) in [5.41, 5.74) is -0.345. The molecule has 0 radical (unpaired) electrons. The lowest BCUT2D eigenvalue weighted by Gasteiger charge is -2.13. The van der Waals surface area contributed by atoms with Crippen LogP contribution in [0.25, 0.3) is 5.69 Å². The highest BCUT2D eigenvalue weighted by Crippen LogP contribution is 2.30. The van der Waals surface area contributed by atoms with Gasteiger partial charge in [0.15, 0.2) is 11.4 Å². The Morgan fingerprint density at radius 2 is 1.79 bits per heavy atom. The first-order valence-electron chi connectivity index (χ1n) is 8.43. The maximum Gasteiger partial charge on any atom is 0.416 e. The molecule has 0 fully saturated rings. The molecule has 0 aliphatic carbocycles. The number of aryl methyl sites for hydroxylation is 1. The molecular weight excluding hydrogens is 387 g/mol. The predicted octanol–water partition coefficient (Wildman–Crippen LogP) is 3.82. The average Bonchev–Trinajstić information content (AvgIpc) is 2.68. The third kappa shape index (κ3) is 4.45. The summed E-state index contributed by atoms with van der Waals surface area (Å²) in [7, 11) is 1.26. The van der Waals surface area contributed by atoms with Crippen molar-refractivity contribution < 1.29 is 22.7 Å². The van der Waals surface area contributed by atoms with Gasteiger partial charge in [-0.05, 0) is 37.3 Å². The molecule has 0 aliphatic rings. The summed E-state index contributed by atoms with van der Waals surface area (Å²) in [4.78, 5) is 25.0. The Bertz CT molecular complexity index is 1110. The van der Waals surface area contributed by atoms with E-state index in [4.69, 9.17) is 4.74 Å². The summed E-state index contributed by atoms with van der Waals surface area (Å²) in [6.07, 6.45) is -4.55. The second-order valence-corrected chi connectivity index (χ2v) is 6.18. The number of nitrogens with zero attached hydrogens (tertiary/aromatic N) is 2. The van der Waals surface area contributed by atoms with Crippen molar-refractivity contribution in [3.05, 3.63) is 81.8 Å². The Kier molecular flexibility index (Phi) is 5.40. The normalized spacial score (nSPS) is 11.2. The largest absolute Gasteiger partial charge is 0.494 e. The standard InChI is InChI=1S/C20H16F3N3O3/c1-12-6-8-15(9-7-12)26-17(27)11-16(29-2)18(25-26)19(28)24-14-5-3-4-13(10-14)20(21,22)23/h3-11H,1-2H3,(H,24,28). The van der Waals surface area contributed by atoms with Gasteiger partial charge in [0.25, 0.3) is 11.5 Å². The van der Waals surface area contributed by atoms with E-state index in [0.717, 1.165) is 28.4 Å². The van der Waals surface area contributed by atoms with Crippen molar-refractivity contribution in [1.82, 2.24) is 9.78 Å². The molecule has 0 bridgehead atoms. The summed E-state index contributed by atoms with van der Waals surface area (Å²) in [6.45, 7) is 1.88. The van der Waals surface area contributed by atoms with E-state index in [1.807, 2.05) is 6.92 Å². The first kappa shape index (κ1) is 20.1. The van der Waals surface area contributed by atoms with Crippen LogP contribution < -0.4 is 15.6 Å². The summed E-state index contributed by atoms with van der Waals surface area (Å²) < 4.78 is 44.7. The van der Waals surface area contributed by atoms with Crippen LogP contribution in [0.2, 0.25) is 0 Å². The number of methoxy groups -OCH3 is 1. The Hall–Kier alpha value is -3.62. The molecule has 0 atom stereocenters. The number of hydrogen-bond donors (Lipinski definition) is 1. The smallest absolute Gasteiger partial charge is 0.416 e. The Balaban J connectivity index is 1.99. The van der Waals surface area contributed by atoms with Crippen LogP contribution in [0, 0.1) is 6.92 Å². The molecule has 150 valence electrons. The first-order valence-corrected chi connectivity index (χ1v) is 8.43. The van der Waals surface area contributed by atoms with Gasteiger partial charge in [0.1, 0.15) is 0 Å². The average molecular weight is 403 g/mol. The van der Waals surface area contributed by atoms with E-state index in [1.54, 1.807) is 24.3 Å². The fraction of sp³-hybridized carbons (Fsp3) is 0.150. The van der Waals surface area contributed by atoms with Crippen molar-refractivity contribution in [3.8, 4) is 11.4 Å². The molecule has 1 aromatic heterocycles. The zero-order chi connectivity index (χ0) is 21.2. The van der Waals surface area contributed by atoms with Gasteiger partial charge in [-0.3, -0.25) is 9.59 Å². The molecular formula is C20H16F3N3O3. The van der Waals surface area contributed by atoms with Crippen molar-refractivity contribution in [1.29, 1.82) is 0 Å². The zero-order valence-electron chi connectivity index (χ0n) is 15.4. The number of carbonyl (C=O) groups excluding carboxylic acids is 1. The van der Waals surface area contributed by atoms with E-state index in [9.17, 15) is 22.8 Å². The highest BCUT2D eigenvalue weighted by Gasteiger charge is 2.30. The van der Waals surface area contributed by atoms with Gasteiger partial charge >= 0.3 is 6.18 Å². The van der Waals surface area contributed by atoms with Crippen LogP contribution in [-0.2, 0) is 6.18 Å². The number of carbonyl (C=O) groups is 1. The van der Waals surface area contributed by atoms with Crippen LogP contribution in [0.15, 0.2) is 59.4 Å². The number of alkyl halides is 3. The maximum absolute atomic E-state index is 12.9. The van der Waals surface area contributed by atoms with Crippen LogP contribution in [0.1, 0.15) is 21.6 Å². The van der Waals surface area contributed by atoms with Gasteiger partial charge in [-0.1, -0.05) is 23.8 Å². The SMILES string of the molecule is COc1cc(=O)n(-c2ccc(C)cc2)nc1C(=O)Nc1cccc(C(F)(F)F)c1. The zero-order valence-corrected chi connectivity index (χ0v) is 15.4. The molecule has 0 spiro atoms. The molecule has 0 saturated heterocycles. The van der Waals surface area contributed by atoms with Crippen LogP contribution in [0.5, 0.6) is 5.75 Å². The molecule has 1 N–H and O–H groups in total. The first-order chi connectivity index (χ1) is 13.7. The fourth-order valence-corrected chi connectivity index (χ4v) is 2.59. The van der Waals surface area contributed by atoms with Gasteiger partial charge in [-0.25, -0.2) is 0 Å². The van der Waals surface area contributed by atoms with Crippen LogP contribution >= 0.6 is 0 Å². The number of hydrogen-bond acceptors (Lipinski definition) is 4. The number of aromatic nitrogens is 2. The van der Waals surface area contributed by atoms with Crippen molar-refractivity contribution in [3.63, 3.8) is 0 Å². The van der Waals surface area contributed by atoms with Crippen molar-refractivity contribution in [2.45, 2.75) is 13.1 Å². The van der Waals surface area contributed by atoms with Gasteiger partial charge in [0.2, 0.25) is 0 Å². The van der Waals surface area contributed by atoms with E-state index in [0.29, 0.717) is 5.69 Å². The minimum absolute atomic E-state index is 0.0678. The number of nitrogens with one attached hydrogen (secondary N) is 1. The summed E-state index contributed by atoms with van der Waals surface area (Å²) in [5.74, 6) is -0.912. The van der Waals surface area contributed by atoms with Gasteiger partial charge in [-0.2, -0.15) is 23.0 Å². The molecule has 6 nitrogen and oxygen atoms in total. The van der Waals surface area contributed by atoms with Crippen LogP contribution in [0.3, 0.4) is 0 Å². The predicted molar refractivity (Wildman–Crippen MR) is 101 cm³/mol. The molecule has 3 rings (SSSR count). The monoisotopic (exact) mass is 403 g/mol. The number of anilines is 1. The van der Waals surface area contributed by atoms with Crippen LogP contribution in [0.4, 0.5) is 18.9 Å². The highest BCUT2D eigenvalue weighted by atomic mass is 19.4. The number of halogens is 3. The third-order valence-electron chi connectivity index (χ3n) is 4.06. The number of rotatable bonds is 4. The van der Waals surface area contributed by atoms with Gasteiger partial charge < -0.3 is 10.1 Å². The van der Waals surface area contributed by atoms with Crippen molar-refractivity contribution in [2.75, 3.05) is 12.4 Å². The van der Waals surface area contributed by atoms with Gasteiger partial charge in [0, 0.05) is 5.69 Å². The molecule has 29 heavy (non-hydrogen) atoms. The molecule has 1 amide bonds. The molecule has 0 aliphatic heterocycles. The Morgan fingerprint density at radius 1 is 1.10 bits per heavy atom. The van der Waals surface area contributed by atoms with Crippen LogP contribution in [-0.4, -0.2) is 22.8 Å². The molecule has 1 heterocycles. The second kappa shape index (κ2) is 7.78. The number of amides is 1.